The molecule has 0 aromatic heterocycles. The fraction of sp³-hybridized carbons (Fsp3) is 0.625. The normalized spacial score (nSPS) is 9.64. The van der Waals surface area contributed by atoms with Gasteiger partial charge in [0.15, 0.2) is 0 Å². The molecule has 0 spiro atoms. The maximum atomic E-state index is 10.5. The third kappa shape index (κ3) is 7.38. The molecular formula is C8H14ClNO. The smallest absolute Gasteiger partial charge is 0.143 e. The zero-order chi connectivity index (χ0) is 8.20. The summed E-state index contributed by atoms with van der Waals surface area (Å²) in [6.07, 6.45) is 5.17. The topological polar surface area (TPSA) is 29.1 Å². The third-order valence-corrected chi connectivity index (χ3v) is 1.14. The van der Waals surface area contributed by atoms with E-state index < -0.39 is 0 Å². The Morgan fingerprint density at radius 1 is 1.64 bits per heavy atom. The first kappa shape index (κ1) is 13.1. The minimum Gasteiger partial charge on any atom is -0.299 e. The van der Waals surface area contributed by atoms with Crippen LogP contribution >= 0.6 is 12.4 Å². The number of ketones is 1. The molecule has 0 heterocycles. The van der Waals surface area contributed by atoms with Crippen molar-refractivity contribution in [2.75, 3.05) is 6.54 Å². The van der Waals surface area contributed by atoms with Crippen LogP contribution in [0.3, 0.4) is 0 Å². The first-order chi connectivity index (χ1) is 4.48. The van der Waals surface area contributed by atoms with E-state index >= 15 is 0 Å². The number of hydrogen-bond acceptors (Lipinski definition) is 2. The van der Waals surface area contributed by atoms with Gasteiger partial charge in [0.1, 0.15) is 5.78 Å². The molecule has 11 heavy (non-hydrogen) atoms. The summed E-state index contributed by atoms with van der Waals surface area (Å²) in [4.78, 5) is 10.5. The van der Waals surface area contributed by atoms with Crippen LogP contribution in [-0.2, 0) is 4.79 Å². The van der Waals surface area contributed by atoms with Crippen LogP contribution < -0.4 is 5.32 Å². The maximum Gasteiger partial charge on any atom is 0.143 e. The van der Waals surface area contributed by atoms with Gasteiger partial charge < -0.3 is 0 Å². The van der Waals surface area contributed by atoms with E-state index in [1.807, 2.05) is 13.8 Å². The Morgan fingerprint density at radius 2 is 2.09 bits per heavy atom. The molecule has 0 bridgehead atoms. The summed E-state index contributed by atoms with van der Waals surface area (Å²) in [6.45, 7) is 5.59. The van der Waals surface area contributed by atoms with Crippen molar-refractivity contribution in [3.8, 4) is 12.3 Å². The summed E-state index contributed by atoms with van der Waals surface area (Å²) in [7, 11) is 0. The Bertz CT molecular complexity index is 169. The van der Waals surface area contributed by atoms with Crippen molar-refractivity contribution in [3.05, 3.63) is 0 Å². The monoisotopic (exact) mass is 175 g/mol. The molecule has 1 N–H and O–H groups in total. The highest BCUT2D eigenvalue weighted by molar-refractivity contribution is 5.85. The van der Waals surface area contributed by atoms with E-state index in [4.69, 9.17) is 6.42 Å². The van der Waals surface area contributed by atoms with Crippen LogP contribution in [0.5, 0.6) is 0 Å². The van der Waals surface area contributed by atoms with E-state index in [1.165, 1.54) is 6.92 Å². The summed E-state index contributed by atoms with van der Waals surface area (Å²) >= 11 is 0. The van der Waals surface area contributed by atoms with E-state index in [0.717, 1.165) is 0 Å². The summed E-state index contributed by atoms with van der Waals surface area (Å²) in [5.74, 6) is 2.63. The number of Topliss-reactive ketones (excluding diaryl/α,β-unsaturated/α-hetero) is 1. The van der Waals surface area contributed by atoms with Gasteiger partial charge in [-0.2, -0.15) is 0 Å². The first-order valence-corrected chi connectivity index (χ1v) is 3.20. The standard InChI is InChI=1S/C8H13NO.ClH/c1-5-8(3,4)9-6-7(2)10;/h1,9H,6H2,2-4H3;1H. The van der Waals surface area contributed by atoms with Crippen molar-refractivity contribution in [2.24, 2.45) is 0 Å². The highest BCUT2D eigenvalue weighted by Crippen LogP contribution is 1.96. The fourth-order valence-electron chi connectivity index (χ4n) is 0.396. The van der Waals surface area contributed by atoms with Gasteiger partial charge >= 0.3 is 0 Å². The Labute approximate surface area is 74.2 Å². The predicted molar refractivity (Wildman–Crippen MR) is 48.8 cm³/mol. The lowest BCUT2D eigenvalue weighted by atomic mass is 10.1. The van der Waals surface area contributed by atoms with E-state index in [2.05, 4.69) is 11.2 Å². The summed E-state index contributed by atoms with van der Waals surface area (Å²) in [5.41, 5.74) is -0.369. The van der Waals surface area contributed by atoms with E-state index in [0.29, 0.717) is 6.54 Å². The van der Waals surface area contributed by atoms with Gasteiger partial charge in [0.2, 0.25) is 0 Å². The average molecular weight is 176 g/mol. The molecule has 64 valence electrons. The summed E-state index contributed by atoms with van der Waals surface area (Å²) < 4.78 is 0. The molecule has 0 amide bonds. The van der Waals surface area contributed by atoms with Gasteiger partial charge in [-0.15, -0.1) is 18.8 Å². The molecule has 0 unspecified atom stereocenters. The van der Waals surface area contributed by atoms with Gasteiger partial charge in [0.05, 0.1) is 12.1 Å². The number of hydrogen-bond donors (Lipinski definition) is 1. The van der Waals surface area contributed by atoms with Gasteiger partial charge in [-0.25, -0.2) is 0 Å². The fourth-order valence-corrected chi connectivity index (χ4v) is 0.396. The van der Waals surface area contributed by atoms with Crippen molar-refractivity contribution >= 4 is 18.2 Å². The molecule has 3 heteroatoms. The summed E-state index contributed by atoms with van der Waals surface area (Å²) in [5, 5.41) is 2.92. The van der Waals surface area contributed by atoms with Crippen LogP contribution in [0, 0.1) is 12.3 Å². The molecule has 0 saturated carbocycles. The van der Waals surface area contributed by atoms with E-state index in [9.17, 15) is 4.79 Å². The lowest BCUT2D eigenvalue weighted by Gasteiger charge is -2.17. The highest BCUT2D eigenvalue weighted by Gasteiger charge is 2.12. The second kappa shape index (κ2) is 5.17. The lowest BCUT2D eigenvalue weighted by molar-refractivity contribution is -0.116. The number of carbonyl (C=O) groups excluding carboxylic acids is 1. The molecule has 0 fully saturated rings. The molecular weight excluding hydrogens is 162 g/mol. The zero-order valence-electron chi connectivity index (χ0n) is 7.10. The maximum absolute atomic E-state index is 10.5. The minimum absolute atomic E-state index is 0. The molecule has 0 aliphatic carbocycles. The van der Waals surface area contributed by atoms with Crippen LogP contribution in [-0.4, -0.2) is 17.9 Å². The van der Waals surface area contributed by atoms with Crippen molar-refractivity contribution in [2.45, 2.75) is 26.3 Å². The van der Waals surface area contributed by atoms with Gasteiger partial charge in [0, 0.05) is 0 Å². The Kier molecular flexibility index (Phi) is 6.16. The second-order valence-electron chi connectivity index (χ2n) is 2.82. The van der Waals surface area contributed by atoms with E-state index in [1.54, 1.807) is 0 Å². The highest BCUT2D eigenvalue weighted by atomic mass is 35.5. The van der Waals surface area contributed by atoms with Crippen molar-refractivity contribution < 1.29 is 4.79 Å². The van der Waals surface area contributed by atoms with Gasteiger partial charge in [-0.05, 0) is 20.8 Å². The second-order valence-corrected chi connectivity index (χ2v) is 2.82. The van der Waals surface area contributed by atoms with Crippen LogP contribution in [0.4, 0.5) is 0 Å². The number of terminal acetylenes is 1. The molecule has 2 nitrogen and oxygen atoms in total. The first-order valence-electron chi connectivity index (χ1n) is 3.20. The zero-order valence-corrected chi connectivity index (χ0v) is 7.92. The quantitative estimate of drug-likeness (QED) is 0.649. The van der Waals surface area contributed by atoms with E-state index in [-0.39, 0.29) is 23.7 Å². The molecule has 0 aliphatic heterocycles. The number of nitrogens with one attached hydrogen (secondary N) is 1. The number of rotatable bonds is 3. The minimum atomic E-state index is -0.369. The number of halogens is 1. The molecule has 0 aromatic rings. The average Bonchev–Trinajstić information content (AvgIpc) is 1.85. The predicted octanol–water partition coefficient (Wildman–Crippen LogP) is 0.999. The molecule has 0 rings (SSSR count). The third-order valence-electron chi connectivity index (χ3n) is 1.14. The Balaban J connectivity index is 0. The van der Waals surface area contributed by atoms with Crippen molar-refractivity contribution in [1.29, 1.82) is 0 Å². The summed E-state index contributed by atoms with van der Waals surface area (Å²) in [6, 6.07) is 0. The number of carbonyl (C=O) groups is 1. The van der Waals surface area contributed by atoms with Gasteiger partial charge in [-0.3, -0.25) is 10.1 Å². The molecule has 0 atom stereocenters. The van der Waals surface area contributed by atoms with Crippen LogP contribution in [0.1, 0.15) is 20.8 Å². The van der Waals surface area contributed by atoms with Crippen molar-refractivity contribution in [3.63, 3.8) is 0 Å². The van der Waals surface area contributed by atoms with Crippen LogP contribution in [0.2, 0.25) is 0 Å². The largest absolute Gasteiger partial charge is 0.299 e. The van der Waals surface area contributed by atoms with Gasteiger partial charge in [0.25, 0.3) is 0 Å². The molecule has 0 aliphatic rings. The molecule has 0 radical (unpaired) electrons. The lowest BCUT2D eigenvalue weighted by Crippen LogP contribution is -2.40. The van der Waals surface area contributed by atoms with Crippen molar-refractivity contribution in [1.82, 2.24) is 5.32 Å². The van der Waals surface area contributed by atoms with Crippen LogP contribution in [0.15, 0.2) is 0 Å². The van der Waals surface area contributed by atoms with Crippen LogP contribution in [0.25, 0.3) is 0 Å². The molecule has 0 saturated heterocycles. The van der Waals surface area contributed by atoms with Gasteiger partial charge in [-0.1, -0.05) is 5.92 Å². The Hall–Kier alpha value is -0.520. The molecule has 0 aromatic carbocycles. The SMILES string of the molecule is C#CC(C)(C)NCC(C)=O.Cl. The Morgan fingerprint density at radius 3 is 2.36 bits per heavy atom.